The van der Waals surface area contributed by atoms with E-state index in [2.05, 4.69) is 4.98 Å². The second-order valence-corrected chi connectivity index (χ2v) is 3.42. The van der Waals surface area contributed by atoms with Gasteiger partial charge in [-0.3, -0.25) is 4.98 Å². The lowest BCUT2D eigenvalue weighted by Crippen LogP contribution is -2.00. The van der Waals surface area contributed by atoms with Gasteiger partial charge >= 0.3 is 0 Å². The normalized spacial score (nSPS) is 9.20. The Morgan fingerprint density at radius 2 is 2.10 bits per heavy atom. The Bertz CT molecular complexity index is 222. The van der Waals surface area contributed by atoms with E-state index in [-0.39, 0.29) is 0 Å². The molecule has 0 atom stereocenters. The van der Waals surface area contributed by atoms with Gasteiger partial charge in [-0.25, -0.2) is 0 Å². The number of rotatable bonds is 1. The summed E-state index contributed by atoms with van der Waals surface area (Å²) in [4.78, 5) is 4.89. The van der Waals surface area contributed by atoms with Crippen molar-refractivity contribution in [2.45, 2.75) is 4.90 Å². The van der Waals surface area contributed by atoms with Crippen molar-refractivity contribution < 1.29 is 0 Å². The summed E-state index contributed by atoms with van der Waals surface area (Å²) in [5, 5.41) is 0. The van der Waals surface area contributed by atoms with E-state index in [1.165, 1.54) is 11.8 Å². The van der Waals surface area contributed by atoms with Crippen molar-refractivity contribution in [2.75, 3.05) is 0 Å². The van der Waals surface area contributed by atoms with Gasteiger partial charge < -0.3 is 5.73 Å². The predicted molar refractivity (Wildman–Crippen MR) is 46.9 cm³/mol. The van der Waals surface area contributed by atoms with Gasteiger partial charge in [-0.05, 0) is 12.1 Å². The van der Waals surface area contributed by atoms with Gasteiger partial charge in [-0.1, -0.05) is 24.0 Å². The van der Waals surface area contributed by atoms with Crippen LogP contribution in [0.4, 0.5) is 0 Å². The zero-order valence-corrected chi connectivity index (χ0v) is 6.78. The molecule has 0 unspecified atom stereocenters. The molecule has 2 N–H and O–H groups in total. The number of thiocarbonyl (C=S) groups is 1. The van der Waals surface area contributed by atoms with E-state index in [4.69, 9.17) is 18.0 Å². The number of hydrogen-bond acceptors (Lipinski definition) is 3. The first-order valence-electron chi connectivity index (χ1n) is 2.66. The molecule has 2 nitrogen and oxygen atoms in total. The van der Waals surface area contributed by atoms with E-state index < -0.39 is 0 Å². The zero-order valence-electron chi connectivity index (χ0n) is 5.15. The molecule has 1 rings (SSSR count). The highest BCUT2D eigenvalue weighted by Gasteiger charge is 1.92. The molecule has 4 heteroatoms. The van der Waals surface area contributed by atoms with Gasteiger partial charge in [0.25, 0.3) is 0 Å². The molecule has 1 aromatic heterocycles. The van der Waals surface area contributed by atoms with Gasteiger partial charge in [0, 0.05) is 17.3 Å². The molecule has 0 aliphatic carbocycles. The fourth-order valence-corrected chi connectivity index (χ4v) is 1.30. The molecular formula is C6H6N2S2. The van der Waals surface area contributed by atoms with Gasteiger partial charge in [-0.15, -0.1) is 0 Å². The minimum absolute atomic E-state index is 0.436. The highest BCUT2D eigenvalue weighted by Crippen LogP contribution is 2.15. The maximum absolute atomic E-state index is 5.30. The van der Waals surface area contributed by atoms with E-state index in [1.807, 2.05) is 12.1 Å². The maximum atomic E-state index is 5.30. The van der Waals surface area contributed by atoms with Crippen LogP contribution in [0, 0.1) is 0 Å². The van der Waals surface area contributed by atoms with Gasteiger partial charge in [0.15, 0.2) is 0 Å². The molecule has 0 amide bonds. The van der Waals surface area contributed by atoms with Gasteiger partial charge in [-0.2, -0.15) is 0 Å². The molecule has 1 heterocycles. The quantitative estimate of drug-likeness (QED) is 0.511. The summed E-state index contributed by atoms with van der Waals surface area (Å²) in [6.45, 7) is 0. The molecule has 0 saturated carbocycles. The van der Waals surface area contributed by atoms with Crippen LogP contribution in [0.15, 0.2) is 29.4 Å². The Labute approximate surface area is 68.8 Å². The van der Waals surface area contributed by atoms with Gasteiger partial charge in [0.1, 0.15) is 4.32 Å². The third-order valence-electron chi connectivity index (χ3n) is 0.868. The molecule has 0 fully saturated rings. The van der Waals surface area contributed by atoms with Crippen molar-refractivity contribution in [1.29, 1.82) is 0 Å². The maximum Gasteiger partial charge on any atom is 0.135 e. The second-order valence-electron chi connectivity index (χ2n) is 1.60. The molecule has 0 radical (unpaired) electrons. The molecule has 0 spiro atoms. The number of nitrogens with zero attached hydrogens (tertiary/aromatic N) is 1. The number of aromatic nitrogens is 1. The van der Waals surface area contributed by atoms with Crippen LogP contribution < -0.4 is 5.73 Å². The summed E-state index contributed by atoms with van der Waals surface area (Å²) in [5.74, 6) is 0. The number of pyridine rings is 1. The van der Waals surface area contributed by atoms with Crippen LogP contribution in [0.5, 0.6) is 0 Å². The van der Waals surface area contributed by atoms with Gasteiger partial charge in [0.05, 0.1) is 0 Å². The lowest BCUT2D eigenvalue weighted by molar-refractivity contribution is 1.27. The summed E-state index contributed by atoms with van der Waals surface area (Å²) >= 11 is 6.07. The first-order chi connectivity index (χ1) is 4.79. The summed E-state index contributed by atoms with van der Waals surface area (Å²) in [6.07, 6.45) is 3.42. The van der Waals surface area contributed by atoms with Crippen molar-refractivity contribution in [3.05, 3.63) is 24.5 Å². The SMILES string of the molecule is NC(=S)Sc1ccncc1. The number of nitrogens with two attached hydrogens (primary N) is 1. The lowest BCUT2D eigenvalue weighted by atomic mass is 10.5. The van der Waals surface area contributed by atoms with Crippen LogP contribution in [-0.2, 0) is 0 Å². The van der Waals surface area contributed by atoms with Crippen LogP contribution in [0.2, 0.25) is 0 Å². The fourth-order valence-electron chi connectivity index (χ4n) is 0.522. The minimum atomic E-state index is 0.436. The molecule has 52 valence electrons. The highest BCUT2D eigenvalue weighted by atomic mass is 32.2. The Hall–Kier alpha value is -0.610. The standard InChI is InChI=1S/C6H6N2S2/c7-6(9)10-5-1-3-8-4-2-5/h1-4H,(H2,7,9). The Kier molecular flexibility index (Phi) is 2.65. The lowest BCUT2D eigenvalue weighted by Gasteiger charge is -1.94. The topological polar surface area (TPSA) is 38.9 Å². The average Bonchev–Trinajstić information content (AvgIpc) is 1.88. The first-order valence-corrected chi connectivity index (χ1v) is 3.89. The summed E-state index contributed by atoms with van der Waals surface area (Å²) in [7, 11) is 0. The van der Waals surface area contributed by atoms with Crippen molar-refractivity contribution in [3.8, 4) is 0 Å². The van der Waals surface area contributed by atoms with Crippen LogP contribution in [-0.4, -0.2) is 9.30 Å². The van der Waals surface area contributed by atoms with E-state index in [1.54, 1.807) is 12.4 Å². The average molecular weight is 170 g/mol. The minimum Gasteiger partial charge on any atom is -0.384 e. The van der Waals surface area contributed by atoms with Gasteiger partial charge in [0.2, 0.25) is 0 Å². The summed E-state index contributed by atoms with van der Waals surface area (Å²) < 4.78 is 0.436. The number of thioether (sulfide) groups is 1. The van der Waals surface area contributed by atoms with Crippen molar-refractivity contribution in [1.82, 2.24) is 4.98 Å². The van der Waals surface area contributed by atoms with E-state index in [9.17, 15) is 0 Å². The van der Waals surface area contributed by atoms with Crippen molar-refractivity contribution in [2.24, 2.45) is 5.73 Å². The Morgan fingerprint density at radius 1 is 1.50 bits per heavy atom. The molecule has 0 aliphatic rings. The van der Waals surface area contributed by atoms with Crippen LogP contribution >= 0.6 is 24.0 Å². The van der Waals surface area contributed by atoms with E-state index >= 15 is 0 Å². The Morgan fingerprint density at radius 3 is 2.60 bits per heavy atom. The van der Waals surface area contributed by atoms with Crippen LogP contribution in [0.25, 0.3) is 0 Å². The number of hydrogen-bond donors (Lipinski definition) is 1. The van der Waals surface area contributed by atoms with E-state index in [0.29, 0.717) is 4.32 Å². The zero-order chi connectivity index (χ0) is 7.40. The predicted octanol–water partition coefficient (Wildman–Crippen LogP) is 1.42. The van der Waals surface area contributed by atoms with Crippen LogP contribution in [0.3, 0.4) is 0 Å². The molecule has 0 saturated heterocycles. The largest absolute Gasteiger partial charge is 0.384 e. The van der Waals surface area contributed by atoms with Crippen molar-refractivity contribution in [3.63, 3.8) is 0 Å². The van der Waals surface area contributed by atoms with E-state index in [0.717, 1.165) is 4.90 Å². The fraction of sp³-hybridized carbons (Fsp3) is 0. The Balaban J connectivity index is 2.67. The summed E-state index contributed by atoms with van der Waals surface area (Å²) in [5.41, 5.74) is 5.30. The molecule has 0 aliphatic heterocycles. The highest BCUT2D eigenvalue weighted by molar-refractivity contribution is 8.22. The third-order valence-corrected chi connectivity index (χ3v) is 1.83. The van der Waals surface area contributed by atoms with Crippen molar-refractivity contribution >= 4 is 28.3 Å². The smallest absolute Gasteiger partial charge is 0.135 e. The molecule has 0 bridgehead atoms. The molecular weight excluding hydrogens is 164 g/mol. The summed E-state index contributed by atoms with van der Waals surface area (Å²) in [6, 6.07) is 3.73. The first kappa shape index (κ1) is 7.50. The molecule has 10 heavy (non-hydrogen) atoms. The van der Waals surface area contributed by atoms with Crippen LogP contribution in [0.1, 0.15) is 0 Å². The molecule has 1 aromatic rings. The second kappa shape index (κ2) is 3.53. The third kappa shape index (κ3) is 2.33. The molecule has 0 aromatic carbocycles. The monoisotopic (exact) mass is 170 g/mol.